The molecule has 7 nitrogen and oxygen atoms in total. The number of pyridine rings is 1. The first-order valence-electron chi connectivity index (χ1n) is 10.0. The van der Waals surface area contributed by atoms with Crippen LogP contribution in [0.2, 0.25) is 0 Å². The van der Waals surface area contributed by atoms with E-state index in [0.717, 1.165) is 28.2 Å². The van der Waals surface area contributed by atoms with E-state index in [1.165, 1.54) is 0 Å². The van der Waals surface area contributed by atoms with Crippen LogP contribution in [-0.4, -0.2) is 38.0 Å². The molecule has 30 heavy (non-hydrogen) atoms. The molecule has 1 atom stereocenters. The predicted molar refractivity (Wildman–Crippen MR) is 117 cm³/mol. The van der Waals surface area contributed by atoms with Gasteiger partial charge in [-0.1, -0.05) is 12.1 Å². The third kappa shape index (κ3) is 3.95. The Labute approximate surface area is 178 Å². The summed E-state index contributed by atoms with van der Waals surface area (Å²) in [6.07, 6.45) is 1.77. The van der Waals surface area contributed by atoms with Gasteiger partial charge in [0.05, 0.1) is 23.7 Å². The summed E-state index contributed by atoms with van der Waals surface area (Å²) in [6, 6.07) is 9.90. The quantitative estimate of drug-likeness (QED) is 0.741. The molecule has 3 rings (SSSR count). The van der Waals surface area contributed by atoms with Gasteiger partial charge in [0.2, 0.25) is 11.8 Å². The van der Waals surface area contributed by atoms with Crippen LogP contribution in [0.15, 0.2) is 36.5 Å². The molecule has 1 aliphatic rings. The predicted octanol–water partition coefficient (Wildman–Crippen LogP) is 3.04. The number of nitrogens with one attached hydrogen (secondary N) is 1. The molecule has 0 fully saturated rings. The number of hydrogen-bond acceptors (Lipinski definition) is 5. The number of carbonyl (C=O) groups is 2. The van der Waals surface area contributed by atoms with Crippen LogP contribution in [0.3, 0.4) is 0 Å². The van der Waals surface area contributed by atoms with E-state index >= 15 is 0 Å². The first-order valence-corrected chi connectivity index (χ1v) is 10.0. The summed E-state index contributed by atoms with van der Waals surface area (Å²) in [4.78, 5) is 33.2. The van der Waals surface area contributed by atoms with E-state index < -0.39 is 5.41 Å². The molecule has 1 aromatic carbocycles. The first-order chi connectivity index (χ1) is 14.2. The number of carbonyl (C=O) groups excluding carboxylic acids is 2. The number of methoxy groups -OCH3 is 1. The SMILES string of the molecule is COCc1ncccc1C(C)NCc1ccc2c(c1)N(C)C(=O)C(C)(C)C(=O)N2C. The van der Waals surface area contributed by atoms with Crippen molar-refractivity contribution in [1.29, 1.82) is 0 Å². The number of rotatable bonds is 6. The lowest BCUT2D eigenvalue weighted by Crippen LogP contribution is -2.46. The zero-order valence-corrected chi connectivity index (χ0v) is 18.5. The zero-order chi connectivity index (χ0) is 22.1. The van der Waals surface area contributed by atoms with Crippen molar-refractivity contribution in [3.63, 3.8) is 0 Å². The Morgan fingerprint density at radius 2 is 1.77 bits per heavy atom. The maximum absolute atomic E-state index is 12.9. The van der Waals surface area contributed by atoms with Crippen molar-refractivity contribution in [3.8, 4) is 0 Å². The maximum atomic E-state index is 12.9. The smallest absolute Gasteiger partial charge is 0.241 e. The molecule has 0 saturated carbocycles. The van der Waals surface area contributed by atoms with Crippen LogP contribution >= 0.6 is 0 Å². The fourth-order valence-corrected chi connectivity index (χ4v) is 3.86. The molecule has 1 aromatic heterocycles. The van der Waals surface area contributed by atoms with Crippen molar-refractivity contribution in [3.05, 3.63) is 53.3 Å². The molecule has 1 aliphatic heterocycles. The number of nitrogens with zero attached hydrogens (tertiary/aromatic N) is 3. The molecule has 7 heteroatoms. The van der Waals surface area contributed by atoms with Crippen molar-refractivity contribution < 1.29 is 14.3 Å². The lowest BCUT2D eigenvalue weighted by atomic mass is 9.90. The Morgan fingerprint density at radius 3 is 2.43 bits per heavy atom. The monoisotopic (exact) mass is 410 g/mol. The normalized spacial score (nSPS) is 17.0. The van der Waals surface area contributed by atoms with E-state index in [2.05, 4.69) is 17.2 Å². The van der Waals surface area contributed by atoms with Gasteiger partial charge in [-0.2, -0.15) is 0 Å². The molecule has 0 aliphatic carbocycles. The van der Waals surface area contributed by atoms with Crippen molar-refractivity contribution >= 4 is 23.2 Å². The van der Waals surface area contributed by atoms with Crippen LogP contribution < -0.4 is 15.1 Å². The molecule has 0 radical (unpaired) electrons. The minimum absolute atomic E-state index is 0.0743. The second kappa shape index (κ2) is 8.53. The third-order valence-corrected chi connectivity index (χ3v) is 5.73. The standard InChI is InChI=1S/C23H30N4O3/c1-15(17-8-7-11-24-18(17)14-30-6)25-13-16-9-10-19-20(12-16)27(5)22(29)23(2,3)21(28)26(19)4/h7-12,15,25H,13-14H2,1-6H3. The Balaban J connectivity index is 1.83. The average Bonchev–Trinajstić information content (AvgIpc) is 2.79. The van der Waals surface area contributed by atoms with E-state index in [1.54, 1.807) is 51.0 Å². The number of fused-ring (bicyclic) bond motifs is 1. The van der Waals surface area contributed by atoms with Gasteiger partial charge >= 0.3 is 0 Å². The molecule has 2 heterocycles. The van der Waals surface area contributed by atoms with Crippen LogP contribution in [0.5, 0.6) is 0 Å². The van der Waals surface area contributed by atoms with Crippen molar-refractivity contribution in [2.24, 2.45) is 5.41 Å². The third-order valence-electron chi connectivity index (χ3n) is 5.73. The second-order valence-electron chi connectivity index (χ2n) is 8.25. The lowest BCUT2D eigenvalue weighted by molar-refractivity contribution is -0.137. The summed E-state index contributed by atoms with van der Waals surface area (Å²) in [5.41, 5.74) is 3.39. The van der Waals surface area contributed by atoms with Crippen molar-refractivity contribution in [2.75, 3.05) is 31.0 Å². The topological polar surface area (TPSA) is 74.8 Å². The highest BCUT2D eigenvalue weighted by atomic mass is 16.5. The van der Waals surface area contributed by atoms with Crippen LogP contribution in [0, 0.1) is 5.41 Å². The van der Waals surface area contributed by atoms with Gasteiger partial charge in [-0.05, 0) is 50.1 Å². The molecule has 0 saturated heterocycles. The molecule has 160 valence electrons. The Morgan fingerprint density at radius 1 is 1.10 bits per heavy atom. The molecular formula is C23H30N4O3. The second-order valence-corrected chi connectivity index (χ2v) is 8.25. The Bertz CT molecular complexity index is 957. The fraction of sp³-hybridized carbons (Fsp3) is 0.435. The molecular weight excluding hydrogens is 380 g/mol. The summed E-state index contributed by atoms with van der Waals surface area (Å²) in [7, 11) is 5.10. The van der Waals surface area contributed by atoms with Crippen molar-refractivity contribution in [1.82, 2.24) is 10.3 Å². The largest absolute Gasteiger partial charge is 0.378 e. The van der Waals surface area contributed by atoms with E-state index in [0.29, 0.717) is 13.2 Å². The summed E-state index contributed by atoms with van der Waals surface area (Å²) in [5, 5.41) is 3.52. The molecule has 0 spiro atoms. The number of hydrogen-bond donors (Lipinski definition) is 1. The maximum Gasteiger partial charge on any atom is 0.241 e. The van der Waals surface area contributed by atoms with Gasteiger partial charge in [-0.25, -0.2) is 0 Å². The van der Waals surface area contributed by atoms with Gasteiger partial charge in [0.15, 0.2) is 0 Å². The minimum atomic E-state index is -1.10. The molecule has 0 bridgehead atoms. The number of aromatic nitrogens is 1. The van der Waals surface area contributed by atoms with Crippen molar-refractivity contribution in [2.45, 2.75) is 40.0 Å². The van der Waals surface area contributed by atoms with Gasteiger partial charge in [0, 0.05) is 40.0 Å². The van der Waals surface area contributed by atoms with Crippen LogP contribution in [-0.2, 0) is 27.5 Å². The average molecular weight is 411 g/mol. The van der Waals surface area contributed by atoms with E-state index in [-0.39, 0.29) is 17.9 Å². The van der Waals surface area contributed by atoms with Gasteiger partial charge in [0.1, 0.15) is 5.41 Å². The summed E-state index contributed by atoms with van der Waals surface area (Å²) in [5.74, 6) is -0.420. The van der Waals surface area contributed by atoms with Gasteiger partial charge in [-0.15, -0.1) is 0 Å². The Hall–Kier alpha value is -2.77. The van der Waals surface area contributed by atoms with Crippen LogP contribution in [0.4, 0.5) is 11.4 Å². The summed E-state index contributed by atoms with van der Waals surface area (Å²) >= 11 is 0. The van der Waals surface area contributed by atoms with Crippen LogP contribution in [0.1, 0.15) is 43.6 Å². The van der Waals surface area contributed by atoms with E-state index in [4.69, 9.17) is 4.74 Å². The number of ether oxygens (including phenoxy) is 1. The van der Waals surface area contributed by atoms with E-state index in [1.807, 2.05) is 30.3 Å². The molecule has 2 amide bonds. The Kier molecular flexibility index (Phi) is 6.24. The molecule has 1 N–H and O–H groups in total. The van der Waals surface area contributed by atoms with Crippen LogP contribution in [0.25, 0.3) is 0 Å². The highest BCUT2D eigenvalue weighted by Gasteiger charge is 2.44. The fourth-order valence-electron chi connectivity index (χ4n) is 3.86. The number of amides is 2. The molecule has 2 aromatic rings. The molecule has 1 unspecified atom stereocenters. The minimum Gasteiger partial charge on any atom is -0.378 e. The summed E-state index contributed by atoms with van der Waals surface area (Å²) < 4.78 is 5.25. The van der Waals surface area contributed by atoms with E-state index in [9.17, 15) is 9.59 Å². The lowest BCUT2D eigenvalue weighted by Gasteiger charge is -2.25. The first kappa shape index (κ1) is 21.9. The highest BCUT2D eigenvalue weighted by molar-refractivity contribution is 6.19. The van der Waals surface area contributed by atoms with Gasteiger partial charge in [0.25, 0.3) is 0 Å². The van der Waals surface area contributed by atoms with Gasteiger partial charge < -0.3 is 19.9 Å². The number of anilines is 2. The highest BCUT2D eigenvalue weighted by Crippen LogP contribution is 2.38. The van der Waals surface area contributed by atoms with Gasteiger partial charge in [-0.3, -0.25) is 14.6 Å². The summed E-state index contributed by atoms with van der Waals surface area (Å²) in [6.45, 7) is 6.51. The zero-order valence-electron chi connectivity index (χ0n) is 18.5. The number of benzene rings is 1.